The third kappa shape index (κ3) is 2.06. The molecule has 0 aliphatic carbocycles. The van der Waals surface area contributed by atoms with E-state index in [4.69, 9.17) is 10.5 Å². The number of rotatable bonds is 2. The fourth-order valence-electron chi connectivity index (χ4n) is 2.17. The van der Waals surface area contributed by atoms with Gasteiger partial charge in [0, 0.05) is 17.9 Å². The van der Waals surface area contributed by atoms with E-state index >= 15 is 0 Å². The van der Waals surface area contributed by atoms with Crippen LogP contribution in [0, 0.1) is 0 Å². The molecule has 0 radical (unpaired) electrons. The quantitative estimate of drug-likeness (QED) is 0.813. The molecule has 0 saturated carbocycles. The van der Waals surface area contributed by atoms with Gasteiger partial charge in [0.15, 0.2) is 12.1 Å². The Morgan fingerprint density at radius 3 is 3.06 bits per heavy atom. The molecule has 0 bridgehead atoms. The predicted molar refractivity (Wildman–Crippen MR) is 66.5 cm³/mol. The van der Waals surface area contributed by atoms with E-state index in [-0.39, 0.29) is 6.23 Å². The summed E-state index contributed by atoms with van der Waals surface area (Å²) in [5, 5.41) is 11.9. The van der Waals surface area contributed by atoms with Crippen LogP contribution in [-0.4, -0.2) is 26.8 Å². The molecule has 2 N–H and O–H groups in total. The van der Waals surface area contributed by atoms with Crippen molar-refractivity contribution in [1.82, 2.24) is 20.2 Å². The number of anilines is 1. The van der Waals surface area contributed by atoms with Crippen molar-refractivity contribution in [2.45, 2.75) is 25.5 Å². The molecule has 1 aliphatic rings. The number of benzene rings is 1. The molecule has 1 fully saturated rings. The van der Waals surface area contributed by atoms with Gasteiger partial charge in [0.2, 0.25) is 0 Å². The van der Waals surface area contributed by atoms with E-state index in [1.807, 2.05) is 24.3 Å². The summed E-state index contributed by atoms with van der Waals surface area (Å²) in [5.41, 5.74) is 7.40. The van der Waals surface area contributed by atoms with Crippen LogP contribution >= 0.6 is 0 Å². The van der Waals surface area contributed by atoms with Gasteiger partial charge in [-0.25, -0.2) is 0 Å². The zero-order chi connectivity index (χ0) is 12.4. The first-order valence-corrected chi connectivity index (χ1v) is 6.10. The normalized spacial score (nSPS) is 19.9. The van der Waals surface area contributed by atoms with Gasteiger partial charge in [-0.3, -0.25) is 0 Å². The van der Waals surface area contributed by atoms with Crippen LogP contribution in [0.3, 0.4) is 0 Å². The molecule has 0 spiro atoms. The number of nitrogen functional groups attached to an aromatic ring is 1. The van der Waals surface area contributed by atoms with E-state index in [9.17, 15) is 0 Å². The van der Waals surface area contributed by atoms with E-state index in [1.165, 1.54) is 0 Å². The summed E-state index contributed by atoms with van der Waals surface area (Å²) in [6.07, 6.45) is 3.12. The zero-order valence-electron chi connectivity index (χ0n) is 9.99. The van der Waals surface area contributed by atoms with Gasteiger partial charge in [-0.2, -0.15) is 4.68 Å². The molecule has 3 rings (SSSR count). The molecule has 1 aromatic heterocycles. The van der Waals surface area contributed by atoms with Gasteiger partial charge in [0.25, 0.3) is 0 Å². The van der Waals surface area contributed by atoms with Crippen LogP contribution in [0.2, 0.25) is 0 Å². The number of ether oxygens (including phenoxy) is 1. The maximum absolute atomic E-state index is 5.78. The van der Waals surface area contributed by atoms with E-state index in [0.29, 0.717) is 11.5 Å². The fraction of sp³-hybridized carbons (Fsp3) is 0.417. The van der Waals surface area contributed by atoms with E-state index < -0.39 is 0 Å². The summed E-state index contributed by atoms with van der Waals surface area (Å²) >= 11 is 0. The standard InChI is InChI=1S/C12H15N5O/c13-10-5-3-4-9(8-10)12-14-15-16-17(12)11-6-1-2-7-18-11/h3-5,8,11H,1-2,6-7,13H2. The molecule has 0 amide bonds. The Kier molecular flexibility index (Phi) is 2.93. The third-order valence-corrected chi connectivity index (χ3v) is 3.07. The number of nitrogens with zero attached hydrogens (tertiary/aromatic N) is 4. The highest BCUT2D eigenvalue weighted by molar-refractivity contribution is 5.60. The lowest BCUT2D eigenvalue weighted by Gasteiger charge is -2.23. The molecule has 2 aromatic rings. The molecule has 2 heterocycles. The lowest BCUT2D eigenvalue weighted by molar-refractivity contribution is -0.0394. The summed E-state index contributed by atoms with van der Waals surface area (Å²) in [5.74, 6) is 0.703. The van der Waals surface area contributed by atoms with Gasteiger partial charge >= 0.3 is 0 Å². The first kappa shape index (κ1) is 11.2. The molecule has 1 atom stereocenters. The van der Waals surface area contributed by atoms with Crippen LogP contribution in [0.25, 0.3) is 11.4 Å². The molecule has 6 heteroatoms. The minimum atomic E-state index is -0.0646. The maximum atomic E-state index is 5.78. The topological polar surface area (TPSA) is 78.9 Å². The molecule has 94 valence electrons. The van der Waals surface area contributed by atoms with Crippen LogP contribution in [0.1, 0.15) is 25.5 Å². The fourth-order valence-corrected chi connectivity index (χ4v) is 2.17. The SMILES string of the molecule is Nc1cccc(-c2nnnn2C2CCCCO2)c1. The van der Waals surface area contributed by atoms with E-state index in [2.05, 4.69) is 15.5 Å². The van der Waals surface area contributed by atoms with Gasteiger partial charge in [-0.15, -0.1) is 5.10 Å². The Balaban J connectivity index is 1.95. The van der Waals surface area contributed by atoms with Crippen molar-refractivity contribution in [3.05, 3.63) is 24.3 Å². The van der Waals surface area contributed by atoms with E-state index in [0.717, 1.165) is 31.4 Å². The van der Waals surface area contributed by atoms with Crippen molar-refractivity contribution in [3.63, 3.8) is 0 Å². The number of tetrazole rings is 1. The van der Waals surface area contributed by atoms with E-state index in [1.54, 1.807) is 4.68 Å². The van der Waals surface area contributed by atoms with Crippen LogP contribution in [0.5, 0.6) is 0 Å². The maximum Gasteiger partial charge on any atom is 0.184 e. The number of hydrogen-bond acceptors (Lipinski definition) is 5. The van der Waals surface area contributed by atoms with Crippen molar-refractivity contribution >= 4 is 5.69 Å². The minimum absolute atomic E-state index is 0.0646. The van der Waals surface area contributed by atoms with Gasteiger partial charge in [0.05, 0.1) is 0 Å². The van der Waals surface area contributed by atoms with Crippen LogP contribution < -0.4 is 5.73 Å². The average Bonchev–Trinajstić information content (AvgIpc) is 2.89. The average molecular weight is 245 g/mol. The third-order valence-electron chi connectivity index (χ3n) is 3.07. The van der Waals surface area contributed by atoms with Crippen molar-refractivity contribution in [2.75, 3.05) is 12.3 Å². The van der Waals surface area contributed by atoms with Crippen molar-refractivity contribution in [3.8, 4) is 11.4 Å². The zero-order valence-corrected chi connectivity index (χ0v) is 9.99. The molecule has 1 aliphatic heterocycles. The van der Waals surface area contributed by atoms with Gasteiger partial charge in [0.1, 0.15) is 0 Å². The first-order chi connectivity index (χ1) is 8.84. The second-order valence-corrected chi connectivity index (χ2v) is 4.39. The van der Waals surface area contributed by atoms with Gasteiger partial charge < -0.3 is 10.5 Å². The van der Waals surface area contributed by atoms with Crippen LogP contribution in [-0.2, 0) is 4.74 Å². The highest BCUT2D eigenvalue weighted by Crippen LogP contribution is 2.26. The molecular weight excluding hydrogens is 230 g/mol. The molecular formula is C12H15N5O. The summed E-state index contributed by atoms with van der Waals surface area (Å²) in [6, 6.07) is 7.55. The van der Waals surface area contributed by atoms with Crippen LogP contribution in [0.4, 0.5) is 5.69 Å². The van der Waals surface area contributed by atoms with Crippen molar-refractivity contribution in [1.29, 1.82) is 0 Å². The Hall–Kier alpha value is -1.95. The molecule has 1 aromatic carbocycles. The molecule has 18 heavy (non-hydrogen) atoms. The second kappa shape index (κ2) is 4.73. The summed E-state index contributed by atoms with van der Waals surface area (Å²) < 4.78 is 7.45. The lowest BCUT2D eigenvalue weighted by atomic mass is 10.1. The second-order valence-electron chi connectivity index (χ2n) is 4.39. The molecule has 1 saturated heterocycles. The highest BCUT2D eigenvalue weighted by atomic mass is 16.5. The van der Waals surface area contributed by atoms with Crippen molar-refractivity contribution < 1.29 is 4.74 Å². The molecule has 6 nitrogen and oxygen atoms in total. The number of aromatic nitrogens is 4. The predicted octanol–water partition coefficient (Wildman–Crippen LogP) is 1.62. The smallest absolute Gasteiger partial charge is 0.184 e. The number of nitrogens with two attached hydrogens (primary N) is 1. The van der Waals surface area contributed by atoms with Gasteiger partial charge in [-0.05, 0) is 41.8 Å². The summed E-state index contributed by atoms with van der Waals surface area (Å²) in [7, 11) is 0. The molecule has 1 unspecified atom stereocenters. The summed E-state index contributed by atoms with van der Waals surface area (Å²) in [4.78, 5) is 0. The van der Waals surface area contributed by atoms with Gasteiger partial charge in [-0.1, -0.05) is 12.1 Å². The number of hydrogen-bond donors (Lipinski definition) is 1. The monoisotopic (exact) mass is 245 g/mol. The first-order valence-electron chi connectivity index (χ1n) is 6.10. The Bertz CT molecular complexity index is 533. The summed E-state index contributed by atoms with van der Waals surface area (Å²) in [6.45, 7) is 0.765. The highest BCUT2D eigenvalue weighted by Gasteiger charge is 2.21. The Morgan fingerprint density at radius 1 is 1.33 bits per heavy atom. The largest absolute Gasteiger partial charge is 0.399 e. The van der Waals surface area contributed by atoms with Crippen molar-refractivity contribution in [2.24, 2.45) is 0 Å². The minimum Gasteiger partial charge on any atom is -0.399 e. The lowest BCUT2D eigenvalue weighted by Crippen LogP contribution is -2.20. The van der Waals surface area contributed by atoms with Crippen LogP contribution in [0.15, 0.2) is 24.3 Å². The Morgan fingerprint density at radius 2 is 2.28 bits per heavy atom. The Labute approximate surface area is 105 Å².